The van der Waals surface area contributed by atoms with Crippen LogP contribution >= 0.6 is 0 Å². The fourth-order valence-electron chi connectivity index (χ4n) is 2.39. The lowest BCUT2D eigenvalue weighted by atomic mass is 10.1. The number of urea groups is 1. The first-order valence-corrected chi connectivity index (χ1v) is 7.91. The molecule has 0 saturated carbocycles. The van der Waals surface area contributed by atoms with Gasteiger partial charge < -0.3 is 16.0 Å². The maximum Gasteiger partial charge on any atom is 0.323 e. The molecule has 0 aromatic heterocycles. The molecule has 24 heavy (non-hydrogen) atoms. The number of benzene rings is 2. The maximum atomic E-state index is 12.1. The third-order valence-corrected chi connectivity index (χ3v) is 3.30. The molecule has 126 valence electrons. The van der Waals surface area contributed by atoms with Crippen molar-refractivity contribution in [3.63, 3.8) is 0 Å². The molecular weight excluding hydrogens is 302 g/mol. The van der Waals surface area contributed by atoms with Crippen LogP contribution in [0.4, 0.5) is 16.2 Å². The van der Waals surface area contributed by atoms with Crippen LogP contribution in [0, 0.1) is 13.8 Å². The predicted octanol–water partition coefficient (Wildman–Crippen LogP) is 4.09. The number of nitrogens with one attached hydrogen (secondary N) is 3. The minimum absolute atomic E-state index is 0.0823. The van der Waals surface area contributed by atoms with Gasteiger partial charge in [0.2, 0.25) is 0 Å². The number of carbonyl (C=O) groups excluding carboxylic acids is 2. The smallest absolute Gasteiger partial charge is 0.323 e. The Kier molecular flexibility index (Phi) is 5.58. The largest absolute Gasteiger partial charge is 0.350 e. The summed E-state index contributed by atoms with van der Waals surface area (Å²) in [6.45, 7) is 7.78. The van der Waals surface area contributed by atoms with Crippen molar-refractivity contribution in [2.45, 2.75) is 33.7 Å². The summed E-state index contributed by atoms with van der Waals surface area (Å²) in [4.78, 5) is 24.0. The number of aryl methyl sites for hydroxylation is 2. The van der Waals surface area contributed by atoms with Crippen molar-refractivity contribution in [3.05, 3.63) is 59.2 Å². The van der Waals surface area contributed by atoms with Gasteiger partial charge in [-0.1, -0.05) is 6.07 Å². The van der Waals surface area contributed by atoms with Crippen LogP contribution in [0.25, 0.3) is 0 Å². The number of hydrogen-bond acceptors (Lipinski definition) is 2. The Hall–Kier alpha value is -2.82. The van der Waals surface area contributed by atoms with Crippen molar-refractivity contribution in [1.82, 2.24) is 5.32 Å². The number of anilines is 2. The molecule has 2 aromatic carbocycles. The van der Waals surface area contributed by atoms with Crippen LogP contribution in [0.1, 0.15) is 35.3 Å². The van der Waals surface area contributed by atoms with Gasteiger partial charge in [0.1, 0.15) is 0 Å². The van der Waals surface area contributed by atoms with Crippen LogP contribution in [0.3, 0.4) is 0 Å². The van der Waals surface area contributed by atoms with E-state index in [1.165, 1.54) is 0 Å². The summed E-state index contributed by atoms with van der Waals surface area (Å²) >= 11 is 0. The van der Waals surface area contributed by atoms with Gasteiger partial charge in [0, 0.05) is 23.0 Å². The maximum absolute atomic E-state index is 12.1. The highest BCUT2D eigenvalue weighted by Gasteiger charge is 2.08. The second-order valence-electron chi connectivity index (χ2n) is 6.16. The van der Waals surface area contributed by atoms with Gasteiger partial charge in [-0.05, 0) is 75.2 Å². The summed E-state index contributed by atoms with van der Waals surface area (Å²) in [6.07, 6.45) is 0. The van der Waals surface area contributed by atoms with E-state index in [2.05, 4.69) is 16.0 Å². The Morgan fingerprint density at radius 2 is 1.38 bits per heavy atom. The Morgan fingerprint density at radius 1 is 0.833 bits per heavy atom. The Balaban J connectivity index is 1.98. The van der Waals surface area contributed by atoms with Crippen LogP contribution in [-0.4, -0.2) is 18.0 Å². The summed E-state index contributed by atoms with van der Waals surface area (Å²) in [7, 11) is 0. The van der Waals surface area contributed by atoms with Crippen molar-refractivity contribution in [1.29, 1.82) is 0 Å². The molecule has 0 unspecified atom stereocenters. The molecule has 0 fully saturated rings. The third kappa shape index (κ3) is 5.12. The highest BCUT2D eigenvalue weighted by molar-refractivity contribution is 6.00. The summed E-state index contributed by atoms with van der Waals surface area (Å²) in [5.41, 5.74) is 4.11. The molecule has 3 N–H and O–H groups in total. The normalized spacial score (nSPS) is 10.4. The van der Waals surface area contributed by atoms with Crippen LogP contribution in [0.15, 0.2) is 42.5 Å². The van der Waals surface area contributed by atoms with Gasteiger partial charge in [-0.25, -0.2) is 4.79 Å². The van der Waals surface area contributed by atoms with Crippen molar-refractivity contribution in [2.75, 3.05) is 10.6 Å². The molecule has 2 aromatic rings. The minimum Gasteiger partial charge on any atom is -0.350 e. The van der Waals surface area contributed by atoms with Crippen LogP contribution < -0.4 is 16.0 Å². The zero-order chi connectivity index (χ0) is 17.7. The molecule has 2 rings (SSSR count). The number of hydrogen-bond donors (Lipinski definition) is 3. The van der Waals surface area contributed by atoms with Crippen molar-refractivity contribution >= 4 is 23.3 Å². The van der Waals surface area contributed by atoms with Gasteiger partial charge in [0.25, 0.3) is 5.91 Å². The standard InChI is InChI=1S/C19H23N3O2/c1-12(2)20-18(23)15-5-7-16(8-6-15)21-19(24)22-17-10-13(3)9-14(4)11-17/h5-12H,1-4H3,(H,20,23)(H2,21,22,24). The van der Waals surface area contributed by atoms with E-state index < -0.39 is 0 Å². The van der Waals surface area contributed by atoms with E-state index in [4.69, 9.17) is 0 Å². The van der Waals surface area contributed by atoms with Gasteiger partial charge in [0.15, 0.2) is 0 Å². The predicted molar refractivity (Wildman–Crippen MR) is 97.6 cm³/mol. The molecule has 0 radical (unpaired) electrons. The van der Waals surface area contributed by atoms with E-state index in [-0.39, 0.29) is 18.0 Å². The molecule has 0 aliphatic heterocycles. The summed E-state index contributed by atoms with van der Waals surface area (Å²) in [6, 6.07) is 12.4. The lowest BCUT2D eigenvalue weighted by molar-refractivity contribution is 0.0943. The number of carbonyl (C=O) groups is 2. The Labute approximate surface area is 142 Å². The fourth-order valence-corrected chi connectivity index (χ4v) is 2.39. The van der Waals surface area contributed by atoms with Gasteiger partial charge in [-0.15, -0.1) is 0 Å². The topological polar surface area (TPSA) is 70.2 Å². The Morgan fingerprint density at radius 3 is 1.92 bits per heavy atom. The zero-order valence-electron chi connectivity index (χ0n) is 14.4. The molecule has 5 nitrogen and oxygen atoms in total. The highest BCUT2D eigenvalue weighted by Crippen LogP contribution is 2.15. The quantitative estimate of drug-likeness (QED) is 0.792. The van der Waals surface area contributed by atoms with E-state index in [0.717, 1.165) is 16.8 Å². The van der Waals surface area contributed by atoms with Crippen LogP contribution in [-0.2, 0) is 0 Å². The Bertz CT molecular complexity index is 717. The summed E-state index contributed by atoms with van der Waals surface area (Å²) in [5, 5.41) is 8.38. The fraction of sp³-hybridized carbons (Fsp3) is 0.263. The second-order valence-corrected chi connectivity index (χ2v) is 6.16. The van der Waals surface area contributed by atoms with E-state index in [9.17, 15) is 9.59 Å². The lowest BCUT2D eigenvalue weighted by Gasteiger charge is -2.11. The summed E-state index contributed by atoms with van der Waals surface area (Å²) < 4.78 is 0. The molecule has 0 spiro atoms. The SMILES string of the molecule is Cc1cc(C)cc(NC(=O)Nc2ccc(C(=O)NC(C)C)cc2)c1. The van der Waals surface area contributed by atoms with Gasteiger partial charge in [-0.3, -0.25) is 4.79 Å². The van der Waals surface area contributed by atoms with E-state index in [1.807, 2.05) is 45.9 Å². The lowest BCUT2D eigenvalue weighted by Crippen LogP contribution is -2.30. The number of rotatable bonds is 4. The van der Waals surface area contributed by atoms with Crippen molar-refractivity contribution in [2.24, 2.45) is 0 Å². The monoisotopic (exact) mass is 325 g/mol. The molecule has 3 amide bonds. The molecule has 0 bridgehead atoms. The highest BCUT2D eigenvalue weighted by atomic mass is 16.2. The first-order chi connectivity index (χ1) is 11.3. The second kappa shape index (κ2) is 7.64. The van der Waals surface area contributed by atoms with Gasteiger partial charge in [0.05, 0.1) is 0 Å². The molecule has 5 heteroatoms. The van der Waals surface area contributed by atoms with Crippen LogP contribution in [0.2, 0.25) is 0 Å². The average Bonchev–Trinajstić information content (AvgIpc) is 2.45. The van der Waals surface area contributed by atoms with Crippen molar-refractivity contribution < 1.29 is 9.59 Å². The van der Waals surface area contributed by atoms with E-state index in [0.29, 0.717) is 11.3 Å². The third-order valence-electron chi connectivity index (χ3n) is 3.30. The average molecular weight is 325 g/mol. The van der Waals surface area contributed by atoms with E-state index >= 15 is 0 Å². The molecule has 0 aliphatic rings. The molecule has 0 heterocycles. The number of amides is 3. The first kappa shape index (κ1) is 17.5. The van der Waals surface area contributed by atoms with Crippen LogP contribution in [0.5, 0.6) is 0 Å². The first-order valence-electron chi connectivity index (χ1n) is 7.91. The molecule has 0 saturated heterocycles. The summed E-state index contributed by atoms with van der Waals surface area (Å²) in [5.74, 6) is -0.128. The van der Waals surface area contributed by atoms with Gasteiger partial charge >= 0.3 is 6.03 Å². The van der Waals surface area contributed by atoms with E-state index in [1.54, 1.807) is 24.3 Å². The van der Waals surface area contributed by atoms with Crippen molar-refractivity contribution in [3.8, 4) is 0 Å². The zero-order valence-corrected chi connectivity index (χ0v) is 14.4. The molecular formula is C19H23N3O2. The molecule has 0 atom stereocenters. The molecule has 0 aliphatic carbocycles. The minimum atomic E-state index is -0.320. The van der Waals surface area contributed by atoms with Gasteiger partial charge in [-0.2, -0.15) is 0 Å².